The molecule has 2 unspecified atom stereocenters. The first-order valence-corrected chi connectivity index (χ1v) is 9.49. The summed E-state index contributed by atoms with van der Waals surface area (Å²) in [5.41, 5.74) is 1.29. The maximum atomic E-state index is 14.2. The highest BCUT2D eigenvalue weighted by Gasteiger charge is 2.42. The predicted octanol–water partition coefficient (Wildman–Crippen LogP) is 2.41. The van der Waals surface area contributed by atoms with Crippen molar-refractivity contribution >= 4 is 15.7 Å². The van der Waals surface area contributed by atoms with Gasteiger partial charge in [0.05, 0.1) is 11.8 Å². The molecule has 0 aliphatic carbocycles. The van der Waals surface area contributed by atoms with Crippen LogP contribution in [0.4, 0.5) is 4.39 Å². The van der Waals surface area contributed by atoms with Crippen molar-refractivity contribution in [2.75, 3.05) is 5.75 Å². The molecule has 1 N–H and O–H groups in total. The number of benzene rings is 2. The molecule has 1 aliphatic heterocycles. The molecule has 6 heteroatoms. The highest BCUT2D eigenvalue weighted by atomic mass is 32.2. The molecule has 24 heavy (non-hydrogen) atoms. The van der Waals surface area contributed by atoms with Crippen LogP contribution in [0.15, 0.2) is 54.6 Å². The second-order valence-corrected chi connectivity index (χ2v) is 8.22. The third-order valence-electron chi connectivity index (χ3n) is 4.27. The normalized spacial score (nSPS) is 20.0. The quantitative estimate of drug-likeness (QED) is 0.903. The second kappa shape index (κ2) is 6.73. The summed E-state index contributed by atoms with van der Waals surface area (Å²) in [6, 6.07) is 15.0. The van der Waals surface area contributed by atoms with Gasteiger partial charge in [0.1, 0.15) is 11.1 Å². The van der Waals surface area contributed by atoms with Crippen LogP contribution in [0.5, 0.6) is 0 Å². The third kappa shape index (κ3) is 3.48. The minimum absolute atomic E-state index is 0.0358. The predicted molar refractivity (Wildman–Crippen MR) is 89.6 cm³/mol. The van der Waals surface area contributed by atoms with Crippen LogP contribution in [0, 0.1) is 5.82 Å². The number of nitrogens with one attached hydrogen (secondary N) is 1. The Labute approximate surface area is 140 Å². The molecule has 1 fully saturated rings. The van der Waals surface area contributed by atoms with Crippen molar-refractivity contribution in [3.8, 4) is 0 Å². The zero-order valence-electron chi connectivity index (χ0n) is 13.0. The Morgan fingerprint density at radius 2 is 1.79 bits per heavy atom. The van der Waals surface area contributed by atoms with E-state index in [4.69, 9.17) is 0 Å². The number of hydrogen-bond acceptors (Lipinski definition) is 3. The Hall–Kier alpha value is -2.21. The molecule has 0 radical (unpaired) electrons. The molecule has 1 heterocycles. The van der Waals surface area contributed by atoms with Crippen molar-refractivity contribution in [2.45, 2.75) is 24.1 Å². The van der Waals surface area contributed by atoms with Gasteiger partial charge in [0.15, 0.2) is 9.84 Å². The number of carbonyl (C=O) groups is 1. The average Bonchev–Trinajstić information content (AvgIpc) is 2.55. The van der Waals surface area contributed by atoms with Crippen LogP contribution >= 0.6 is 0 Å². The second-order valence-electron chi connectivity index (χ2n) is 5.92. The molecule has 126 valence electrons. The van der Waals surface area contributed by atoms with E-state index in [0.717, 1.165) is 5.56 Å². The minimum Gasteiger partial charge on any atom is -0.348 e. The molecular weight excluding hydrogens is 329 g/mol. The first kappa shape index (κ1) is 16.6. The van der Waals surface area contributed by atoms with Crippen LogP contribution in [0.3, 0.4) is 0 Å². The summed E-state index contributed by atoms with van der Waals surface area (Å²) in [6.07, 6.45) is 0.712. The Morgan fingerprint density at radius 3 is 2.38 bits per heavy atom. The number of carbonyl (C=O) groups excluding carboxylic acids is 1. The van der Waals surface area contributed by atoms with Crippen molar-refractivity contribution < 1.29 is 17.6 Å². The van der Waals surface area contributed by atoms with Gasteiger partial charge < -0.3 is 5.32 Å². The summed E-state index contributed by atoms with van der Waals surface area (Å²) >= 11 is 0. The van der Waals surface area contributed by atoms with Crippen LogP contribution in [-0.4, -0.2) is 25.3 Å². The molecular formula is C18H18FNO3S. The van der Waals surface area contributed by atoms with Crippen LogP contribution in [0.1, 0.15) is 23.6 Å². The van der Waals surface area contributed by atoms with E-state index >= 15 is 0 Å². The van der Waals surface area contributed by atoms with Crippen LogP contribution in [-0.2, 0) is 21.1 Å². The topological polar surface area (TPSA) is 63.2 Å². The fourth-order valence-electron chi connectivity index (χ4n) is 2.83. The molecule has 0 saturated carbocycles. The number of rotatable bonds is 5. The number of halogens is 1. The highest BCUT2D eigenvalue weighted by Crippen LogP contribution is 2.25. The van der Waals surface area contributed by atoms with Gasteiger partial charge in [0.2, 0.25) is 5.91 Å². The van der Waals surface area contributed by atoms with Crippen LogP contribution in [0.2, 0.25) is 0 Å². The van der Waals surface area contributed by atoms with E-state index in [2.05, 4.69) is 5.32 Å². The molecule has 1 aliphatic rings. The number of sulfone groups is 1. The van der Waals surface area contributed by atoms with Crippen molar-refractivity contribution in [1.82, 2.24) is 5.32 Å². The average molecular weight is 347 g/mol. The lowest BCUT2D eigenvalue weighted by atomic mass is 9.98. The summed E-state index contributed by atoms with van der Waals surface area (Å²) < 4.78 is 37.5. The minimum atomic E-state index is -3.34. The Kier molecular flexibility index (Phi) is 4.66. The van der Waals surface area contributed by atoms with Gasteiger partial charge in [0.25, 0.3) is 0 Å². The van der Waals surface area contributed by atoms with Gasteiger partial charge in [0, 0.05) is 5.56 Å². The van der Waals surface area contributed by atoms with Gasteiger partial charge in [-0.2, -0.15) is 0 Å². The molecule has 0 spiro atoms. The summed E-state index contributed by atoms with van der Waals surface area (Å²) in [4.78, 5) is 12.3. The SMILES string of the molecule is O=C(NC(Cc1ccccc1)c1ccccc1F)C1CCS1(=O)=O. The fourth-order valence-corrected chi connectivity index (χ4v) is 4.08. The van der Waals surface area contributed by atoms with Crippen LogP contribution in [0.25, 0.3) is 0 Å². The molecule has 1 amide bonds. The lowest BCUT2D eigenvalue weighted by molar-refractivity contribution is -0.121. The number of hydrogen-bond donors (Lipinski definition) is 1. The van der Waals surface area contributed by atoms with Gasteiger partial charge in [-0.15, -0.1) is 0 Å². The number of amides is 1. The zero-order chi connectivity index (χ0) is 17.2. The standard InChI is InChI=1S/C18H18FNO3S/c19-15-9-5-4-8-14(15)16(12-13-6-2-1-3-7-13)20-18(21)17-10-11-24(17,22)23/h1-9,16-17H,10-12H2,(H,20,21). The first-order chi connectivity index (χ1) is 11.5. The summed E-state index contributed by atoms with van der Waals surface area (Å²) in [6.45, 7) is 0. The van der Waals surface area contributed by atoms with E-state index in [1.807, 2.05) is 30.3 Å². The Bertz CT molecular complexity index is 836. The molecule has 4 nitrogen and oxygen atoms in total. The van der Waals surface area contributed by atoms with Crippen LogP contribution < -0.4 is 5.32 Å². The summed E-state index contributed by atoms with van der Waals surface area (Å²) in [5.74, 6) is -0.936. The van der Waals surface area contributed by atoms with E-state index in [1.54, 1.807) is 18.2 Å². The molecule has 3 rings (SSSR count). The molecule has 0 bridgehead atoms. The van der Waals surface area contributed by atoms with E-state index in [1.165, 1.54) is 6.07 Å². The van der Waals surface area contributed by atoms with E-state index in [-0.39, 0.29) is 5.75 Å². The fraction of sp³-hybridized carbons (Fsp3) is 0.278. The lowest BCUT2D eigenvalue weighted by Gasteiger charge is -2.28. The van der Waals surface area contributed by atoms with Crippen molar-refractivity contribution in [1.29, 1.82) is 0 Å². The smallest absolute Gasteiger partial charge is 0.238 e. The molecule has 0 aromatic heterocycles. The molecule has 2 aromatic carbocycles. The highest BCUT2D eigenvalue weighted by molar-refractivity contribution is 7.94. The third-order valence-corrected chi connectivity index (χ3v) is 6.39. The Balaban J connectivity index is 1.85. The monoisotopic (exact) mass is 347 g/mol. The zero-order valence-corrected chi connectivity index (χ0v) is 13.8. The van der Waals surface area contributed by atoms with Crippen molar-refractivity contribution in [3.05, 3.63) is 71.5 Å². The van der Waals surface area contributed by atoms with Gasteiger partial charge in [-0.3, -0.25) is 4.79 Å². The van der Waals surface area contributed by atoms with Crippen molar-refractivity contribution in [2.24, 2.45) is 0 Å². The molecule has 2 atom stereocenters. The lowest BCUT2D eigenvalue weighted by Crippen LogP contribution is -2.49. The maximum Gasteiger partial charge on any atom is 0.238 e. The van der Waals surface area contributed by atoms with Gasteiger partial charge in [-0.25, -0.2) is 12.8 Å². The van der Waals surface area contributed by atoms with Crippen molar-refractivity contribution in [3.63, 3.8) is 0 Å². The van der Waals surface area contributed by atoms with E-state index < -0.39 is 32.9 Å². The molecule has 1 saturated heterocycles. The van der Waals surface area contributed by atoms with Gasteiger partial charge in [-0.1, -0.05) is 48.5 Å². The van der Waals surface area contributed by atoms with Gasteiger partial charge >= 0.3 is 0 Å². The first-order valence-electron chi connectivity index (χ1n) is 7.77. The van der Waals surface area contributed by atoms with E-state index in [9.17, 15) is 17.6 Å². The maximum absolute atomic E-state index is 14.2. The summed E-state index contributed by atoms with van der Waals surface area (Å²) in [5, 5.41) is 1.71. The summed E-state index contributed by atoms with van der Waals surface area (Å²) in [7, 11) is -3.34. The van der Waals surface area contributed by atoms with Gasteiger partial charge in [-0.05, 0) is 24.5 Å². The largest absolute Gasteiger partial charge is 0.348 e. The Morgan fingerprint density at radius 1 is 1.12 bits per heavy atom. The molecule has 2 aromatic rings. The van der Waals surface area contributed by atoms with E-state index in [0.29, 0.717) is 18.4 Å².